The largest absolute Gasteiger partial charge is 0.489 e. The van der Waals surface area contributed by atoms with Gasteiger partial charge in [0.05, 0.1) is 11.0 Å². The van der Waals surface area contributed by atoms with Crippen LogP contribution in [0.15, 0.2) is 89.7 Å². The quantitative estimate of drug-likeness (QED) is 0.442. The zero-order chi connectivity index (χ0) is 20.5. The predicted molar refractivity (Wildman–Crippen MR) is 120 cm³/mol. The van der Waals surface area contributed by atoms with Crippen LogP contribution in [0.1, 0.15) is 22.3 Å². The molecule has 4 heteroatoms. The van der Waals surface area contributed by atoms with E-state index in [2.05, 4.69) is 4.98 Å². The van der Waals surface area contributed by atoms with Crippen molar-refractivity contribution in [3.05, 3.63) is 118 Å². The maximum Gasteiger partial charge on any atom is 0.260 e. The third-order valence-electron chi connectivity index (χ3n) is 5.49. The summed E-state index contributed by atoms with van der Waals surface area (Å²) in [5, 5.41) is 0. The van der Waals surface area contributed by atoms with Crippen molar-refractivity contribution in [2.45, 2.75) is 20.0 Å². The number of hydrogen-bond donors (Lipinski definition) is 1. The van der Waals surface area contributed by atoms with Gasteiger partial charge in [0.15, 0.2) is 0 Å². The lowest BCUT2D eigenvalue weighted by molar-refractivity contribution is 0.306. The van der Waals surface area contributed by atoms with E-state index in [-0.39, 0.29) is 5.56 Å². The smallest absolute Gasteiger partial charge is 0.260 e. The Hall–Kier alpha value is -3.79. The highest BCUT2D eigenvalue weighted by atomic mass is 16.5. The number of nitrogens with zero attached hydrogens (tertiary/aromatic N) is 1. The molecule has 0 fully saturated rings. The van der Waals surface area contributed by atoms with Gasteiger partial charge in [-0.3, -0.25) is 9.20 Å². The molecule has 0 aliphatic rings. The van der Waals surface area contributed by atoms with E-state index in [0.717, 1.165) is 44.7 Å². The monoisotopic (exact) mass is 394 g/mol. The van der Waals surface area contributed by atoms with Crippen LogP contribution in [-0.4, -0.2) is 9.38 Å². The van der Waals surface area contributed by atoms with Gasteiger partial charge in [-0.25, -0.2) is 0 Å². The molecule has 0 aliphatic carbocycles. The van der Waals surface area contributed by atoms with Gasteiger partial charge in [0, 0.05) is 12.0 Å². The summed E-state index contributed by atoms with van der Waals surface area (Å²) in [7, 11) is 0. The second-order valence-electron chi connectivity index (χ2n) is 7.57. The predicted octanol–water partition coefficient (Wildman–Crippen LogP) is 5.26. The number of aromatic amines is 1. The number of aryl methyl sites for hydroxylation is 1. The van der Waals surface area contributed by atoms with Gasteiger partial charge in [-0.05, 0) is 53.9 Å². The number of ether oxygens (including phenoxy) is 1. The van der Waals surface area contributed by atoms with Gasteiger partial charge >= 0.3 is 0 Å². The maximum atomic E-state index is 13.3. The molecular weight excluding hydrogens is 372 g/mol. The van der Waals surface area contributed by atoms with Gasteiger partial charge < -0.3 is 9.72 Å². The van der Waals surface area contributed by atoms with E-state index in [9.17, 15) is 4.79 Å². The molecular formula is C26H22N2O2. The molecule has 0 saturated carbocycles. The van der Waals surface area contributed by atoms with E-state index in [1.807, 2.05) is 91.9 Å². The van der Waals surface area contributed by atoms with E-state index < -0.39 is 0 Å². The number of pyridine rings is 1. The van der Waals surface area contributed by atoms with Crippen molar-refractivity contribution >= 4 is 16.7 Å². The van der Waals surface area contributed by atoms with Crippen LogP contribution >= 0.6 is 0 Å². The molecule has 5 rings (SSSR count). The van der Waals surface area contributed by atoms with Gasteiger partial charge in [0.2, 0.25) is 0 Å². The normalized spacial score (nSPS) is 11.2. The molecule has 3 aromatic carbocycles. The van der Waals surface area contributed by atoms with E-state index in [1.54, 1.807) is 4.40 Å². The Morgan fingerprint density at radius 1 is 0.867 bits per heavy atom. The molecule has 2 heterocycles. The molecule has 4 nitrogen and oxygen atoms in total. The van der Waals surface area contributed by atoms with Crippen LogP contribution in [0.5, 0.6) is 5.75 Å². The molecule has 0 radical (unpaired) electrons. The lowest BCUT2D eigenvalue weighted by atomic mass is 10.0. The van der Waals surface area contributed by atoms with Crippen LogP contribution in [0.25, 0.3) is 16.7 Å². The Kier molecular flexibility index (Phi) is 4.60. The highest BCUT2D eigenvalue weighted by Gasteiger charge is 2.13. The Bertz CT molecular complexity index is 1380. The van der Waals surface area contributed by atoms with Crippen molar-refractivity contribution in [3.8, 4) is 5.75 Å². The Morgan fingerprint density at radius 2 is 1.60 bits per heavy atom. The van der Waals surface area contributed by atoms with Crippen LogP contribution in [0.2, 0.25) is 0 Å². The number of fused-ring (bicyclic) bond motifs is 3. The molecule has 0 unspecified atom stereocenters. The standard InChI is InChI=1S/C26H22N2O2/c1-18-15-25-27-23-9-5-6-10-24(23)28(25)26(29)22(18)16-19-11-13-21(14-12-19)30-17-20-7-3-2-4-8-20/h2-15,27H,16-17H2,1H3. The number of hydrogen-bond acceptors (Lipinski definition) is 2. The number of aromatic nitrogens is 2. The van der Waals surface area contributed by atoms with E-state index in [0.29, 0.717) is 13.0 Å². The van der Waals surface area contributed by atoms with Crippen LogP contribution < -0.4 is 10.3 Å². The fourth-order valence-electron chi connectivity index (χ4n) is 3.88. The highest BCUT2D eigenvalue weighted by molar-refractivity contribution is 5.80. The molecule has 0 spiro atoms. The number of H-pyrrole nitrogens is 1. The van der Waals surface area contributed by atoms with Crippen LogP contribution in [0.4, 0.5) is 0 Å². The number of nitrogens with one attached hydrogen (secondary N) is 1. The third kappa shape index (κ3) is 3.37. The summed E-state index contributed by atoms with van der Waals surface area (Å²) >= 11 is 0. The maximum absolute atomic E-state index is 13.3. The van der Waals surface area contributed by atoms with E-state index >= 15 is 0 Å². The molecule has 148 valence electrons. The van der Waals surface area contributed by atoms with Gasteiger partial charge in [0.1, 0.15) is 18.0 Å². The van der Waals surface area contributed by atoms with E-state index in [1.165, 1.54) is 0 Å². The van der Waals surface area contributed by atoms with Crippen LogP contribution in [0.3, 0.4) is 0 Å². The molecule has 0 atom stereocenters. The number of imidazole rings is 1. The molecule has 0 saturated heterocycles. The summed E-state index contributed by atoms with van der Waals surface area (Å²) < 4.78 is 7.64. The van der Waals surface area contributed by atoms with Crippen molar-refractivity contribution in [2.24, 2.45) is 0 Å². The minimum atomic E-state index is 0.0341. The summed E-state index contributed by atoms with van der Waals surface area (Å²) in [6.45, 7) is 2.54. The number of para-hydroxylation sites is 2. The molecule has 2 aromatic heterocycles. The summed E-state index contributed by atoms with van der Waals surface area (Å²) in [5.74, 6) is 0.822. The fraction of sp³-hybridized carbons (Fsp3) is 0.115. The third-order valence-corrected chi connectivity index (χ3v) is 5.49. The summed E-state index contributed by atoms with van der Waals surface area (Å²) in [4.78, 5) is 16.6. The molecule has 1 N–H and O–H groups in total. The molecule has 0 amide bonds. The topological polar surface area (TPSA) is 46.5 Å². The van der Waals surface area contributed by atoms with Gasteiger partial charge in [0.25, 0.3) is 5.56 Å². The minimum absolute atomic E-state index is 0.0341. The highest BCUT2D eigenvalue weighted by Crippen LogP contribution is 2.20. The summed E-state index contributed by atoms with van der Waals surface area (Å²) in [6, 6.07) is 28.0. The van der Waals surface area contributed by atoms with Crippen molar-refractivity contribution < 1.29 is 4.74 Å². The average Bonchev–Trinajstić information content (AvgIpc) is 3.15. The molecule has 5 aromatic rings. The Labute approximate surface area is 174 Å². The lowest BCUT2D eigenvalue weighted by Crippen LogP contribution is -2.19. The second kappa shape index (κ2) is 7.56. The molecule has 30 heavy (non-hydrogen) atoms. The minimum Gasteiger partial charge on any atom is -0.489 e. The first-order valence-electron chi connectivity index (χ1n) is 10.1. The number of benzene rings is 3. The first kappa shape index (κ1) is 18.3. The van der Waals surface area contributed by atoms with Crippen LogP contribution in [-0.2, 0) is 13.0 Å². The van der Waals surface area contributed by atoms with Crippen molar-refractivity contribution in [1.82, 2.24) is 9.38 Å². The van der Waals surface area contributed by atoms with E-state index in [4.69, 9.17) is 4.74 Å². The van der Waals surface area contributed by atoms with Crippen molar-refractivity contribution in [1.29, 1.82) is 0 Å². The molecule has 0 bridgehead atoms. The number of rotatable bonds is 5. The summed E-state index contributed by atoms with van der Waals surface area (Å²) in [5.41, 5.74) is 6.76. The van der Waals surface area contributed by atoms with Crippen molar-refractivity contribution in [2.75, 3.05) is 0 Å². The van der Waals surface area contributed by atoms with Crippen LogP contribution in [0, 0.1) is 6.92 Å². The van der Waals surface area contributed by atoms with Gasteiger partial charge in [-0.15, -0.1) is 0 Å². The fourth-order valence-corrected chi connectivity index (χ4v) is 3.88. The Morgan fingerprint density at radius 3 is 2.40 bits per heavy atom. The lowest BCUT2D eigenvalue weighted by Gasteiger charge is -2.09. The van der Waals surface area contributed by atoms with Crippen molar-refractivity contribution in [3.63, 3.8) is 0 Å². The second-order valence-corrected chi connectivity index (χ2v) is 7.57. The van der Waals surface area contributed by atoms with Gasteiger partial charge in [-0.1, -0.05) is 54.6 Å². The van der Waals surface area contributed by atoms with Gasteiger partial charge in [-0.2, -0.15) is 0 Å². The summed E-state index contributed by atoms with van der Waals surface area (Å²) in [6.07, 6.45) is 0.589. The zero-order valence-electron chi connectivity index (χ0n) is 16.8. The first-order valence-corrected chi connectivity index (χ1v) is 10.1. The zero-order valence-corrected chi connectivity index (χ0v) is 16.8. The SMILES string of the molecule is Cc1cc2[nH]c3ccccc3n2c(=O)c1Cc1ccc(OCc2ccccc2)cc1. The molecule has 0 aliphatic heterocycles. The Balaban J connectivity index is 1.41. The first-order chi connectivity index (χ1) is 14.7. The average molecular weight is 394 g/mol.